The van der Waals surface area contributed by atoms with E-state index in [1.54, 1.807) is 0 Å². The molecule has 3 N–H and O–H groups in total. The summed E-state index contributed by atoms with van der Waals surface area (Å²) in [6.45, 7) is 1.99. The van der Waals surface area contributed by atoms with Crippen LogP contribution in [0.15, 0.2) is 22.6 Å². The van der Waals surface area contributed by atoms with Crippen molar-refractivity contribution in [3.05, 3.63) is 23.8 Å². The Kier molecular flexibility index (Phi) is 2.09. The van der Waals surface area contributed by atoms with Crippen molar-refractivity contribution in [3.63, 3.8) is 0 Å². The van der Waals surface area contributed by atoms with E-state index in [1.807, 2.05) is 25.1 Å². The number of benzene rings is 1. The third kappa shape index (κ3) is 1.67. The Balaban J connectivity index is 2.46. The molecular weight excluding hydrogens is 198 g/mol. The number of hydrogen-bond donors (Lipinski definition) is 2. The molecule has 0 atom stereocenters. The lowest BCUT2D eigenvalue weighted by molar-refractivity contribution is 0.624. The second kappa shape index (κ2) is 3.26. The second-order valence-electron chi connectivity index (χ2n) is 2.98. The van der Waals surface area contributed by atoms with Crippen molar-refractivity contribution in [1.82, 2.24) is 4.98 Å². The van der Waals surface area contributed by atoms with E-state index in [4.69, 9.17) is 10.2 Å². The largest absolute Gasteiger partial charge is 0.423 e. The summed E-state index contributed by atoms with van der Waals surface area (Å²) in [6, 6.07) is 6.09. The maximum atomic E-state index is 5.34. The number of oxazole rings is 1. The highest BCUT2D eigenvalue weighted by Crippen LogP contribution is 2.19. The van der Waals surface area contributed by atoms with Gasteiger partial charge < -0.3 is 10.2 Å². The molecule has 0 aliphatic rings. The quantitative estimate of drug-likeness (QED) is 0.698. The van der Waals surface area contributed by atoms with Crippen molar-refractivity contribution in [1.29, 1.82) is 0 Å². The molecule has 0 aliphatic carbocycles. The number of aromatic nitrogens is 1. The van der Waals surface area contributed by atoms with Crippen molar-refractivity contribution in [3.8, 4) is 0 Å². The minimum atomic E-state index is 0.147. The maximum absolute atomic E-state index is 5.34. The Bertz CT molecular complexity index is 492. The molecule has 0 saturated heterocycles. The van der Waals surface area contributed by atoms with Gasteiger partial charge in [-0.1, -0.05) is 6.07 Å². The molecule has 5 heteroatoms. The predicted octanol–water partition coefficient (Wildman–Crippen LogP) is 1.79. The first kappa shape index (κ1) is 8.96. The van der Waals surface area contributed by atoms with Gasteiger partial charge in [0, 0.05) is 0 Å². The zero-order valence-corrected chi connectivity index (χ0v) is 8.39. The Morgan fingerprint density at radius 1 is 1.57 bits per heavy atom. The molecule has 0 amide bonds. The Morgan fingerprint density at radius 3 is 3.07 bits per heavy atom. The normalized spacial score (nSPS) is 10.4. The van der Waals surface area contributed by atoms with Crippen LogP contribution in [-0.4, -0.2) is 10.1 Å². The number of thiocarbonyl (C=S) groups is 1. The van der Waals surface area contributed by atoms with Gasteiger partial charge in [-0.2, -0.15) is 4.98 Å². The van der Waals surface area contributed by atoms with Gasteiger partial charge >= 0.3 is 6.01 Å². The molecule has 2 rings (SSSR count). The first-order chi connectivity index (χ1) is 6.65. The van der Waals surface area contributed by atoms with Crippen LogP contribution in [0.2, 0.25) is 0 Å². The summed E-state index contributed by atoms with van der Waals surface area (Å²) in [5.74, 6) is 0. The first-order valence-electron chi connectivity index (χ1n) is 4.09. The van der Waals surface area contributed by atoms with E-state index in [2.05, 4.69) is 22.5 Å². The Hall–Kier alpha value is -1.62. The third-order valence-electron chi connectivity index (χ3n) is 1.77. The van der Waals surface area contributed by atoms with E-state index in [0.29, 0.717) is 11.6 Å². The molecule has 0 fully saturated rings. The molecule has 1 aromatic carbocycles. The minimum absolute atomic E-state index is 0.147. The van der Waals surface area contributed by atoms with E-state index in [1.165, 1.54) is 0 Å². The molecule has 0 spiro atoms. The number of rotatable bonds is 1. The van der Waals surface area contributed by atoms with Crippen LogP contribution >= 0.6 is 12.2 Å². The summed E-state index contributed by atoms with van der Waals surface area (Å²) in [4.78, 5) is 4.17. The molecule has 4 nitrogen and oxygen atoms in total. The molecule has 1 heterocycles. The highest BCUT2D eigenvalue weighted by Gasteiger charge is 2.05. The van der Waals surface area contributed by atoms with Crippen LogP contribution in [-0.2, 0) is 0 Å². The SMILES string of the molecule is Cc1ccc2oc(NC(N)=S)nc2c1. The fraction of sp³-hybridized carbons (Fsp3) is 0.111. The van der Waals surface area contributed by atoms with Crippen LogP contribution in [0.3, 0.4) is 0 Å². The molecular formula is C9H9N3OS. The number of fused-ring (bicyclic) bond motifs is 1. The van der Waals surface area contributed by atoms with Gasteiger partial charge in [0.1, 0.15) is 5.52 Å². The van der Waals surface area contributed by atoms with Gasteiger partial charge in [-0.15, -0.1) is 0 Å². The summed E-state index contributed by atoms with van der Waals surface area (Å²) < 4.78 is 5.34. The first-order valence-corrected chi connectivity index (χ1v) is 4.49. The minimum Gasteiger partial charge on any atom is -0.423 e. The van der Waals surface area contributed by atoms with Crippen molar-refractivity contribution in [2.24, 2.45) is 5.73 Å². The number of hydrogen-bond acceptors (Lipinski definition) is 3. The number of nitrogens with two attached hydrogens (primary N) is 1. The van der Waals surface area contributed by atoms with E-state index in [9.17, 15) is 0 Å². The van der Waals surface area contributed by atoms with Crippen molar-refractivity contribution < 1.29 is 4.42 Å². The molecule has 72 valence electrons. The van der Waals surface area contributed by atoms with Gasteiger partial charge in [-0.25, -0.2) is 0 Å². The van der Waals surface area contributed by atoms with Gasteiger partial charge in [0.15, 0.2) is 10.7 Å². The van der Waals surface area contributed by atoms with Crippen LogP contribution in [0.4, 0.5) is 6.01 Å². The molecule has 0 unspecified atom stereocenters. The summed E-state index contributed by atoms with van der Waals surface area (Å²) in [5.41, 5.74) is 7.94. The lowest BCUT2D eigenvalue weighted by atomic mass is 10.2. The summed E-state index contributed by atoms with van der Waals surface area (Å²) >= 11 is 4.67. The highest BCUT2D eigenvalue weighted by molar-refractivity contribution is 7.80. The number of nitrogens with zero attached hydrogens (tertiary/aromatic N) is 1. The van der Waals surface area contributed by atoms with Gasteiger partial charge in [0.25, 0.3) is 0 Å². The van der Waals surface area contributed by atoms with E-state index in [-0.39, 0.29) is 5.11 Å². The lowest BCUT2D eigenvalue weighted by Crippen LogP contribution is -2.18. The van der Waals surface area contributed by atoms with E-state index >= 15 is 0 Å². The zero-order chi connectivity index (χ0) is 10.1. The van der Waals surface area contributed by atoms with Gasteiger partial charge in [-0.3, -0.25) is 5.32 Å². The van der Waals surface area contributed by atoms with Gasteiger partial charge in [-0.05, 0) is 36.8 Å². The fourth-order valence-electron chi connectivity index (χ4n) is 1.20. The van der Waals surface area contributed by atoms with E-state index < -0.39 is 0 Å². The Labute approximate surface area is 86.1 Å². The number of nitrogens with one attached hydrogen (secondary N) is 1. The average molecular weight is 207 g/mol. The van der Waals surface area contributed by atoms with Crippen LogP contribution in [0.25, 0.3) is 11.1 Å². The van der Waals surface area contributed by atoms with Crippen molar-refractivity contribution >= 4 is 34.4 Å². The van der Waals surface area contributed by atoms with Crippen LogP contribution < -0.4 is 11.1 Å². The zero-order valence-electron chi connectivity index (χ0n) is 7.57. The number of aryl methyl sites for hydroxylation is 1. The van der Waals surface area contributed by atoms with Crippen LogP contribution in [0, 0.1) is 6.92 Å². The standard InChI is InChI=1S/C9H9N3OS/c1-5-2-3-7-6(4-5)11-9(13-7)12-8(10)14/h2-4H,1H3,(H3,10,11,12,14). The monoisotopic (exact) mass is 207 g/mol. The molecule has 0 saturated carbocycles. The van der Waals surface area contributed by atoms with Gasteiger partial charge in [0.05, 0.1) is 0 Å². The molecule has 0 aliphatic heterocycles. The second-order valence-corrected chi connectivity index (χ2v) is 3.42. The fourth-order valence-corrected chi connectivity index (χ4v) is 1.28. The van der Waals surface area contributed by atoms with Crippen LogP contribution in [0.1, 0.15) is 5.56 Å². The highest BCUT2D eigenvalue weighted by atomic mass is 32.1. The van der Waals surface area contributed by atoms with E-state index in [0.717, 1.165) is 11.1 Å². The topological polar surface area (TPSA) is 64.1 Å². The summed E-state index contributed by atoms with van der Waals surface area (Å²) in [7, 11) is 0. The number of anilines is 1. The predicted molar refractivity (Wildman–Crippen MR) is 59.2 cm³/mol. The smallest absolute Gasteiger partial charge is 0.302 e. The molecule has 2 aromatic rings. The average Bonchev–Trinajstić information content (AvgIpc) is 2.44. The molecule has 1 aromatic heterocycles. The van der Waals surface area contributed by atoms with Crippen molar-refractivity contribution in [2.45, 2.75) is 6.92 Å². The summed E-state index contributed by atoms with van der Waals surface area (Å²) in [5, 5.41) is 2.79. The van der Waals surface area contributed by atoms with Crippen LogP contribution in [0.5, 0.6) is 0 Å². The Morgan fingerprint density at radius 2 is 2.36 bits per heavy atom. The lowest BCUT2D eigenvalue weighted by Gasteiger charge is -1.93. The van der Waals surface area contributed by atoms with Crippen molar-refractivity contribution in [2.75, 3.05) is 5.32 Å². The summed E-state index contributed by atoms with van der Waals surface area (Å²) in [6.07, 6.45) is 0. The third-order valence-corrected chi connectivity index (χ3v) is 1.88. The molecule has 14 heavy (non-hydrogen) atoms. The maximum Gasteiger partial charge on any atom is 0.302 e. The van der Waals surface area contributed by atoms with Gasteiger partial charge in [0.2, 0.25) is 0 Å². The molecule has 0 radical (unpaired) electrons. The molecule has 0 bridgehead atoms.